The van der Waals surface area contributed by atoms with Crippen molar-refractivity contribution < 1.29 is 18.7 Å². The predicted molar refractivity (Wildman–Crippen MR) is 72.6 cm³/mol. The average molecular weight is 292 g/mol. The van der Waals surface area contributed by atoms with Crippen LogP contribution in [0, 0.1) is 12.7 Å². The molecule has 2 aromatic rings. The Balaban J connectivity index is 2.28. The maximum atomic E-state index is 13.5. The van der Waals surface area contributed by atoms with E-state index in [-0.39, 0.29) is 18.2 Å². The summed E-state index contributed by atoms with van der Waals surface area (Å²) in [4.78, 5) is 29.3. The van der Waals surface area contributed by atoms with Gasteiger partial charge in [-0.25, -0.2) is 14.2 Å². The van der Waals surface area contributed by atoms with Crippen molar-refractivity contribution in [1.29, 1.82) is 0 Å². The first-order chi connectivity index (χ1) is 10.0. The van der Waals surface area contributed by atoms with Crippen LogP contribution < -0.4 is 10.3 Å². The van der Waals surface area contributed by atoms with E-state index in [9.17, 15) is 14.0 Å². The monoisotopic (exact) mass is 292 g/mol. The molecular formula is C14H13FN2O4. The standard InChI is InChI=1S/C14H13FN2O4/c1-3-20-14(19)21-11-7-16-12(17-13(11)18)9-5-4-8(2)10(15)6-9/h4-7H,3H2,1-2H3,(H,16,17,18). The number of aromatic amines is 1. The summed E-state index contributed by atoms with van der Waals surface area (Å²) in [5, 5.41) is 0. The SMILES string of the molecule is CCOC(=O)Oc1cnc(-c2ccc(C)c(F)c2)[nH]c1=O. The molecule has 1 heterocycles. The second-order valence-corrected chi connectivity index (χ2v) is 4.17. The molecule has 1 N–H and O–H groups in total. The number of nitrogens with zero attached hydrogens (tertiary/aromatic N) is 1. The molecule has 0 radical (unpaired) electrons. The molecule has 0 aliphatic heterocycles. The molecule has 7 heteroatoms. The second kappa shape index (κ2) is 6.17. The van der Waals surface area contributed by atoms with Gasteiger partial charge in [0.25, 0.3) is 5.56 Å². The number of carbonyl (C=O) groups excluding carboxylic acids is 1. The number of hydrogen-bond acceptors (Lipinski definition) is 5. The lowest BCUT2D eigenvalue weighted by atomic mass is 10.1. The summed E-state index contributed by atoms with van der Waals surface area (Å²) >= 11 is 0. The summed E-state index contributed by atoms with van der Waals surface area (Å²) in [6, 6.07) is 4.47. The van der Waals surface area contributed by atoms with E-state index in [1.165, 1.54) is 6.07 Å². The minimum absolute atomic E-state index is 0.130. The van der Waals surface area contributed by atoms with Gasteiger partial charge in [-0.3, -0.25) is 4.79 Å². The number of aromatic nitrogens is 2. The van der Waals surface area contributed by atoms with E-state index in [1.807, 2.05) is 0 Å². The van der Waals surface area contributed by atoms with E-state index < -0.39 is 17.5 Å². The maximum absolute atomic E-state index is 13.5. The molecule has 21 heavy (non-hydrogen) atoms. The Hall–Kier alpha value is -2.70. The van der Waals surface area contributed by atoms with Crippen LogP contribution in [0.4, 0.5) is 9.18 Å². The minimum atomic E-state index is -0.987. The number of nitrogens with one attached hydrogen (secondary N) is 1. The van der Waals surface area contributed by atoms with Gasteiger partial charge in [-0.2, -0.15) is 0 Å². The molecule has 0 amide bonds. The topological polar surface area (TPSA) is 81.3 Å². The first kappa shape index (κ1) is 14.7. The molecule has 0 fully saturated rings. The number of ether oxygens (including phenoxy) is 2. The van der Waals surface area contributed by atoms with Crippen LogP contribution in [0.3, 0.4) is 0 Å². The van der Waals surface area contributed by atoms with Gasteiger partial charge < -0.3 is 14.5 Å². The molecule has 0 atom stereocenters. The Labute approximate surface area is 119 Å². The molecule has 6 nitrogen and oxygen atoms in total. The third-order valence-corrected chi connectivity index (χ3v) is 2.67. The van der Waals surface area contributed by atoms with Gasteiger partial charge in [-0.1, -0.05) is 12.1 Å². The Bertz CT molecular complexity index is 727. The van der Waals surface area contributed by atoms with Crippen molar-refractivity contribution in [3.8, 4) is 17.1 Å². The lowest BCUT2D eigenvalue weighted by molar-refractivity contribution is 0.103. The largest absolute Gasteiger partial charge is 0.514 e. The van der Waals surface area contributed by atoms with Gasteiger partial charge in [-0.05, 0) is 25.5 Å². The zero-order valence-corrected chi connectivity index (χ0v) is 11.5. The number of H-pyrrole nitrogens is 1. The molecule has 1 aromatic heterocycles. The fourth-order valence-corrected chi connectivity index (χ4v) is 1.58. The van der Waals surface area contributed by atoms with Gasteiger partial charge in [0.2, 0.25) is 5.75 Å². The number of carbonyl (C=O) groups is 1. The first-order valence-electron chi connectivity index (χ1n) is 6.21. The zero-order chi connectivity index (χ0) is 15.4. The second-order valence-electron chi connectivity index (χ2n) is 4.17. The quantitative estimate of drug-likeness (QED) is 0.879. The van der Waals surface area contributed by atoms with E-state index in [2.05, 4.69) is 19.4 Å². The molecule has 0 saturated carbocycles. The van der Waals surface area contributed by atoms with E-state index in [0.29, 0.717) is 11.1 Å². The zero-order valence-electron chi connectivity index (χ0n) is 11.5. The summed E-state index contributed by atoms with van der Waals surface area (Å²) in [6.07, 6.45) is 0.0991. The molecule has 0 bridgehead atoms. The minimum Gasteiger partial charge on any atom is -0.434 e. The Morgan fingerprint density at radius 2 is 2.19 bits per heavy atom. The molecular weight excluding hydrogens is 279 g/mol. The van der Waals surface area contributed by atoms with Gasteiger partial charge in [0.1, 0.15) is 11.6 Å². The van der Waals surface area contributed by atoms with E-state index in [0.717, 1.165) is 6.20 Å². The van der Waals surface area contributed by atoms with Crippen LogP contribution in [0.15, 0.2) is 29.2 Å². The number of rotatable bonds is 3. The highest BCUT2D eigenvalue weighted by atomic mass is 19.1. The smallest absolute Gasteiger partial charge is 0.434 e. The highest BCUT2D eigenvalue weighted by molar-refractivity contribution is 5.63. The fourth-order valence-electron chi connectivity index (χ4n) is 1.58. The van der Waals surface area contributed by atoms with Crippen molar-refractivity contribution in [1.82, 2.24) is 9.97 Å². The molecule has 0 spiro atoms. The highest BCUT2D eigenvalue weighted by Gasteiger charge is 2.11. The normalized spacial score (nSPS) is 10.2. The number of halogens is 1. The van der Waals surface area contributed by atoms with E-state index in [1.54, 1.807) is 26.0 Å². The summed E-state index contributed by atoms with van der Waals surface area (Å²) < 4.78 is 22.7. The lowest BCUT2D eigenvalue weighted by Gasteiger charge is -2.05. The van der Waals surface area contributed by atoms with Crippen LogP contribution in [0.1, 0.15) is 12.5 Å². The molecule has 2 rings (SSSR count). The average Bonchev–Trinajstić information content (AvgIpc) is 2.44. The van der Waals surface area contributed by atoms with Crippen LogP contribution in [0.2, 0.25) is 0 Å². The third kappa shape index (κ3) is 3.44. The van der Waals surface area contributed by atoms with Crippen molar-refractivity contribution in [2.24, 2.45) is 0 Å². The summed E-state index contributed by atoms with van der Waals surface area (Å²) in [5.41, 5.74) is 0.246. The first-order valence-corrected chi connectivity index (χ1v) is 6.21. The molecule has 0 unspecified atom stereocenters. The van der Waals surface area contributed by atoms with Crippen LogP contribution in [0.5, 0.6) is 5.75 Å². The highest BCUT2D eigenvalue weighted by Crippen LogP contribution is 2.17. The van der Waals surface area contributed by atoms with Gasteiger partial charge in [0.05, 0.1) is 12.8 Å². The van der Waals surface area contributed by atoms with Crippen molar-refractivity contribution >= 4 is 6.16 Å². The van der Waals surface area contributed by atoms with Crippen LogP contribution in [0.25, 0.3) is 11.4 Å². The van der Waals surface area contributed by atoms with Crippen molar-refractivity contribution in [3.63, 3.8) is 0 Å². The summed E-state index contributed by atoms with van der Waals surface area (Å²) in [7, 11) is 0. The molecule has 1 aromatic carbocycles. The van der Waals surface area contributed by atoms with Crippen molar-refractivity contribution in [2.75, 3.05) is 6.61 Å². The van der Waals surface area contributed by atoms with E-state index in [4.69, 9.17) is 0 Å². The van der Waals surface area contributed by atoms with Gasteiger partial charge in [0, 0.05) is 5.56 Å². The van der Waals surface area contributed by atoms with Crippen LogP contribution >= 0.6 is 0 Å². The summed E-state index contributed by atoms with van der Waals surface area (Å²) in [5.74, 6) is -0.512. The van der Waals surface area contributed by atoms with Gasteiger partial charge >= 0.3 is 6.16 Å². The molecule has 110 valence electrons. The Kier molecular flexibility index (Phi) is 4.32. The van der Waals surface area contributed by atoms with Crippen molar-refractivity contribution in [3.05, 3.63) is 46.1 Å². The number of aryl methyl sites for hydroxylation is 1. The van der Waals surface area contributed by atoms with Crippen molar-refractivity contribution in [2.45, 2.75) is 13.8 Å². The lowest BCUT2D eigenvalue weighted by Crippen LogP contribution is -2.18. The predicted octanol–water partition coefficient (Wildman–Crippen LogP) is 2.42. The molecule has 0 aliphatic rings. The molecule has 0 saturated heterocycles. The fraction of sp³-hybridized carbons (Fsp3) is 0.214. The van der Waals surface area contributed by atoms with E-state index >= 15 is 0 Å². The Morgan fingerprint density at radius 3 is 2.81 bits per heavy atom. The molecule has 0 aliphatic carbocycles. The maximum Gasteiger partial charge on any atom is 0.514 e. The third-order valence-electron chi connectivity index (χ3n) is 2.67. The van der Waals surface area contributed by atoms with Gasteiger partial charge in [0.15, 0.2) is 0 Å². The summed E-state index contributed by atoms with van der Waals surface area (Å²) in [6.45, 7) is 3.37. The number of hydrogen-bond donors (Lipinski definition) is 1. The van der Waals surface area contributed by atoms with Crippen LogP contribution in [-0.4, -0.2) is 22.7 Å². The van der Waals surface area contributed by atoms with Gasteiger partial charge in [-0.15, -0.1) is 0 Å². The Morgan fingerprint density at radius 1 is 1.43 bits per heavy atom. The number of benzene rings is 1. The van der Waals surface area contributed by atoms with Crippen LogP contribution in [-0.2, 0) is 4.74 Å².